The van der Waals surface area contributed by atoms with E-state index in [0.29, 0.717) is 26.2 Å². The van der Waals surface area contributed by atoms with Crippen LogP contribution in [0.2, 0.25) is 0 Å². The molecule has 0 heterocycles. The van der Waals surface area contributed by atoms with Crippen molar-refractivity contribution in [3.8, 4) is 0 Å². The van der Waals surface area contributed by atoms with Crippen molar-refractivity contribution in [3.63, 3.8) is 0 Å². The van der Waals surface area contributed by atoms with Gasteiger partial charge in [0.15, 0.2) is 0 Å². The Morgan fingerprint density at radius 1 is 1.33 bits per heavy atom. The Morgan fingerprint density at radius 2 is 2.07 bits per heavy atom. The number of rotatable bonds is 10. The van der Waals surface area contributed by atoms with Gasteiger partial charge in [-0.05, 0) is 12.8 Å². The third kappa shape index (κ3) is 11.7. The molecular weight excluding hydrogens is 212 g/mol. The molecule has 5 heteroatoms. The summed E-state index contributed by atoms with van der Waals surface area (Å²) >= 11 is 1.68. The maximum absolute atomic E-state index is 11.1. The van der Waals surface area contributed by atoms with E-state index in [1.165, 1.54) is 0 Å². The molecule has 2 N–H and O–H groups in total. The number of hydrogen-bond acceptors (Lipinski definition) is 4. The quantitative estimate of drug-likeness (QED) is 0.540. The molecule has 15 heavy (non-hydrogen) atoms. The van der Waals surface area contributed by atoms with E-state index in [2.05, 4.69) is 17.6 Å². The molecule has 0 saturated carbocycles. The molecule has 1 amide bonds. The molecule has 0 unspecified atom stereocenters. The van der Waals surface area contributed by atoms with Gasteiger partial charge < -0.3 is 15.4 Å². The summed E-state index contributed by atoms with van der Waals surface area (Å²) in [7, 11) is 0. The highest BCUT2D eigenvalue weighted by atomic mass is 32.2. The van der Waals surface area contributed by atoms with E-state index < -0.39 is 0 Å². The summed E-state index contributed by atoms with van der Waals surface area (Å²) in [5.41, 5.74) is 0. The smallest absolute Gasteiger partial charge is 0.220 e. The van der Waals surface area contributed by atoms with Gasteiger partial charge in [0.25, 0.3) is 0 Å². The van der Waals surface area contributed by atoms with Gasteiger partial charge >= 0.3 is 0 Å². The third-order valence-electron chi connectivity index (χ3n) is 1.77. The van der Waals surface area contributed by atoms with Crippen molar-refractivity contribution in [3.05, 3.63) is 0 Å². The van der Waals surface area contributed by atoms with Crippen LogP contribution in [0.25, 0.3) is 0 Å². The zero-order valence-corrected chi connectivity index (χ0v) is 10.5. The standard InChI is InChI=1S/C10H22N2O2S/c1-3-11-5-7-14-8-6-12-10(13)4-9-15-2/h11H,3-9H2,1-2H3,(H,12,13). The summed E-state index contributed by atoms with van der Waals surface area (Å²) in [5.74, 6) is 0.993. The molecule has 0 radical (unpaired) electrons. The molecule has 90 valence electrons. The van der Waals surface area contributed by atoms with E-state index in [9.17, 15) is 4.79 Å². The Kier molecular flexibility index (Phi) is 11.6. The van der Waals surface area contributed by atoms with Gasteiger partial charge in [0, 0.05) is 25.3 Å². The van der Waals surface area contributed by atoms with E-state index in [0.717, 1.165) is 18.8 Å². The lowest BCUT2D eigenvalue weighted by molar-refractivity contribution is -0.120. The highest BCUT2D eigenvalue weighted by Gasteiger charge is 1.98. The van der Waals surface area contributed by atoms with Crippen molar-refractivity contribution in [2.45, 2.75) is 13.3 Å². The molecule has 0 spiro atoms. The van der Waals surface area contributed by atoms with E-state index in [4.69, 9.17) is 4.74 Å². The van der Waals surface area contributed by atoms with Gasteiger partial charge in [-0.25, -0.2) is 0 Å². The van der Waals surface area contributed by atoms with Crippen molar-refractivity contribution in [2.75, 3.05) is 44.9 Å². The molecule has 0 fully saturated rings. The predicted molar refractivity (Wildman–Crippen MR) is 65.4 cm³/mol. The largest absolute Gasteiger partial charge is 0.378 e. The van der Waals surface area contributed by atoms with Crippen LogP contribution in [-0.2, 0) is 9.53 Å². The van der Waals surface area contributed by atoms with Crippen molar-refractivity contribution >= 4 is 17.7 Å². The van der Waals surface area contributed by atoms with Crippen molar-refractivity contribution in [1.82, 2.24) is 10.6 Å². The van der Waals surface area contributed by atoms with E-state index in [-0.39, 0.29) is 5.91 Å². The molecule has 0 bridgehead atoms. The van der Waals surface area contributed by atoms with Gasteiger partial charge in [0.2, 0.25) is 5.91 Å². The lowest BCUT2D eigenvalue weighted by atomic mass is 10.4. The number of carbonyl (C=O) groups excluding carboxylic acids is 1. The van der Waals surface area contributed by atoms with Crippen molar-refractivity contribution in [2.24, 2.45) is 0 Å². The van der Waals surface area contributed by atoms with Crippen LogP contribution in [0.3, 0.4) is 0 Å². The Balaban J connectivity index is 3.06. The van der Waals surface area contributed by atoms with E-state index in [1.807, 2.05) is 6.26 Å². The third-order valence-corrected chi connectivity index (χ3v) is 2.39. The Bertz CT molecular complexity index is 156. The lowest BCUT2D eigenvalue weighted by Crippen LogP contribution is -2.28. The van der Waals surface area contributed by atoms with Gasteiger partial charge in [-0.2, -0.15) is 11.8 Å². The summed E-state index contributed by atoms with van der Waals surface area (Å²) < 4.78 is 5.31. The van der Waals surface area contributed by atoms with Gasteiger partial charge in [-0.1, -0.05) is 6.92 Å². The second-order valence-electron chi connectivity index (χ2n) is 3.06. The number of nitrogens with one attached hydrogen (secondary N) is 2. The maximum Gasteiger partial charge on any atom is 0.220 e. The predicted octanol–water partition coefficient (Wildman–Crippen LogP) is 0.482. The summed E-state index contributed by atoms with van der Waals surface area (Å²) in [4.78, 5) is 11.1. The Hall–Kier alpha value is -0.260. The summed E-state index contributed by atoms with van der Waals surface area (Å²) in [6.45, 7) is 5.81. The number of ether oxygens (including phenoxy) is 1. The molecule has 0 aromatic rings. The molecule has 0 aromatic heterocycles. The average Bonchev–Trinajstić information content (AvgIpc) is 2.25. The van der Waals surface area contributed by atoms with Gasteiger partial charge in [-0.3, -0.25) is 4.79 Å². The fourth-order valence-corrected chi connectivity index (χ4v) is 1.36. The van der Waals surface area contributed by atoms with Gasteiger partial charge in [-0.15, -0.1) is 0 Å². The first-order valence-corrected chi connectivity index (χ1v) is 6.74. The minimum Gasteiger partial charge on any atom is -0.378 e. The van der Waals surface area contributed by atoms with Crippen LogP contribution in [0, 0.1) is 0 Å². The first-order chi connectivity index (χ1) is 7.31. The minimum absolute atomic E-state index is 0.111. The van der Waals surface area contributed by atoms with Crippen LogP contribution in [0.4, 0.5) is 0 Å². The molecular formula is C10H22N2O2S. The molecule has 0 aromatic carbocycles. The fourth-order valence-electron chi connectivity index (χ4n) is 0.969. The number of carbonyl (C=O) groups is 1. The number of thioether (sulfide) groups is 1. The maximum atomic E-state index is 11.1. The van der Waals surface area contributed by atoms with Gasteiger partial charge in [0.05, 0.1) is 13.2 Å². The number of amides is 1. The Labute approximate surface area is 96.5 Å². The molecule has 0 aliphatic carbocycles. The topological polar surface area (TPSA) is 50.4 Å². The normalized spacial score (nSPS) is 10.3. The SMILES string of the molecule is CCNCCOCCNC(=O)CCSC. The zero-order valence-electron chi connectivity index (χ0n) is 9.67. The minimum atomic E-state index is 0.111. The first kappa shape index (κ1) is 14.7. The number of hydrogen-bond donors (Lipinski definition) is 2. The second kappa shape index (κ2) is 11.8. The fraction of sp³-hybridized carbons (Fsp3) is 0.900. The van der Waals surface area contributed by atoms with Crippen LogP contribution in [0.5, 0.6) is 0 Å². The van der Waals surface area contributed by atoms with E-state index >= 15 is 0 Å². The van der Waals surface area contributed by atoms with Crippen LogP contribution in [-0.4, -0.2) is 50.8 Å². The highest BCUT2D eigenvalue weighted by molar-refractivity contribution is 7.98. The average molecular weight is 234 g/mol. The molecule has 4 nitrogen and oxygen atoms in total. The van der Waals surface area contributed by atoms with Crippen LogP contribution >= 0.6 is 11.8 Å². The van der Waals surface area contributed by atoms with Crippen molar-refractivity contribution < 1.29 is 9.53 Å². The summed E-state index contributed by atoms with van der Waals surface area (Å²) in [5, 5.41) is 5.97. The number of likely N-dealkylation sites (N-methyl/N-ethyl adjacent to an activating group) is 1. The summed E-state index contributed by atoms with van der Waals surface area (Å²) in [6.07, 6.45) is 2.59. The summed E-state index contributed by atoms with van der Waals surface area (Å²) in [6, 6.07) is 0. The van der Waals surface area contributed by atoms with Crippen LogP contribution in [0.1, 0.15) is 13.3 Å². The molecule has 0 rings (SSSR count). The van der Waals surface area contributed by atoms with Gasteiger partial charge in [0.1, 0.15) is 0 Å². The highest BCUT2D eigenvalue weighted by Crippen LogP contribution is 1.94. The molecule has 0 aliphatic rings. The van der Waals surface area contributed by atoms with Crippen LogP contribution < -0.4 is 10.6 Å². The second-order valence-corrected chi connectivity index (χ2v) is 4.04. The van der Waals surface area contributed by atoms with Crippen molar-refractivity contribution in [1.29, 1.82) is 0 Å². The van der Waals surface area contributed by atoms with Crippen LogP contribution in [0.15, 0.2) is 0 Å². The van der Waals surface area contributed by atoms with E-state index in [1.54, 1.807) is 11.8 Å². The first-order valence-electron chi connectivity index (χ1n) is 5.35. The molecule has 0 aliphatic heterocycles. The Morgan fingerprint density at radius 3 is 2.73 bits per heavy atom. The lowest BCUT2D eigenvalue weighted by Gasteiger charge is -2.06. The molecule has 0 atom stereocenters. The zero-order chi connectivity index (χ0) is 11.4. The monoisotopic (exact) mass is 234 g/mol. The molecule has 0 saturated heterocycles.